The standard InChI is InChI=1S/C25H29FN6O/c1-30-17-21(22-9-10-27-25(28-22)31-11-2-3-12-31)24(29-30)19-7-5-13-32(16-19)23(33)15-18-6-4-8-20(26)14-18/h4,6,8-10,14,17,19H,2-3,5,7,11-13,15-16H2,1H3. The van der Waals surface area contributed by atoms with Crippen LogP contribution in [0.3, 0.4) is 0 Å². The largest absolute Gasteiger partial charge is 0.342 e. The maximum Gasteiger partial charge on any atom is 0.227 e. The number of aryl methyl sites for hydroxylation is 1. The van der Waals surface area contributed by atoms with Gasteiger partial charge in [-0.2, -0.15) is 5.10 Å². The summed E-state index contributed by atoms with van der Waals surface area (Å²) in [5.74, 6) is 0.626. The lowest BCUT2D eigenvalue weighted by atomic mass is 9.91. The number of nitrogens with zero attached hydrogens (tertiary/aromatic N) is 6. The highest BCUT2D eigenvalue weighted by Gasteiger charge is 2.29. The van der Waals surface area contributed by atoms with E-state index >= 15 is 0 Å². The first kappa shape index (κ1) is 21.6. The van der Waals surface area contributed by atoms with Crippen molar-refractivity contribution in [3.63, 3.8) is 0 Å². The van der Waals surface area contributed by atoms with Crippen LogP contribution in [0.2, 0.25) is 0 Å². The summed E-state index contributed by atoms with van der Waals surface area (Å²) in [5, 5.41) is 4.78. The van der Waals surface area contributed by atoms with Crippen LogP contribution in [0.15, 0.2) is 42.7 Å². The maximum atomic E-state index is 13.5. The Hall–Kier alpha value is -3.29. The van der Waals surface area contributed by atoms with Crippen molar-refractivity contribution >= 4 is 11.9 Å². The van der Waals surface area contributed by atoms with E-state index < -0.39 is 0 Å². The third-order valence-corrected chi connectivity index (χ3v) is 6.57. The Morgan fingerprint density at radius 3 is 2.82 bits per heavy atom. The fraction of sp³-hybridized carbons (Fsp3) is 0.440. The SMILES string of the molecule is Cn1cc(-c2ccnc(N3CCCC3)n2)c(C2CCCN(C(=O)Cc3cccc(F)c3)C2)n1. The number of amides is 1. The molecular weight excluding hydrogens is 419 g/mol. The zero-order chi connectivity index (χ0) is 22.8. The summed E-state index contributed by atoms with van der Waals surface area (Å²) >= 11 is 0. The Labute approximate surface area is 193 Å². The Bertz CT molecular complexity index is 1140. The molecule has 1 unspecified atom stereocenters. The van der Waals surface area contributed by atoms with Gasteiger partial charge in [0.2, 0.25) is 11.9 Å². The number of benzene rings is 1. The van der Waals surface area contributed by atoms with E-state index in [4.69, 9.17) is 10.1 Å². The van der Waals surface area contributed by atoms with Gasteiger partial charge in [0.15, 0.2) is 0 Å². The van der Waals surface area contributed by atoms with Crippen LogP contribution in [0.4, 0.5) is 10.3 Å². The number of hydrogen-bond donors (Lipinski definition) is 0. The molecule has 0 aliphatic carbocycles. The minimum Gasteiger partial charge on any atom is -0.342 e. The molecule has 0 bridgehead atoms. The molecule has 8 heteroatoms. The highest BCUT2D eigenvalue weighted by molar-refractivity contribution is 5.79. The molecular formula is C25H29FN6O. The summed E-state index contributed by atoms with van der Waals surface area (Å²) in [6.07, 6.45) is 8.28. The summed E-state index contributed by atoms with van der Waals surface area (Å²) in [6, 6.07) is 8.22. The van der Waals surface area contributed by atoms with E-state index in [1.807, 2.05) is 35.1 Å². The van der Waals surface area contributed by atoms with Gasteiger partial charge in [-0.1, -0.05) is 12.1 Å². The minimum absolute atomic E-state index is 0.0288. The van der Waals surface area contributed by atoms with Gasteiger partial charge < -0.3 is 9.80 Å². The van der Waals surface area contributed by atoms with E-state index in [2.05, 4.69) is 9.88 Å². The summed E-state index contributed by atoms with van der Waals surface area (Å²) < 4.78 is 15.4. The summed E-state index contributed by atoms with van der Waals surface area (Å²) in [5.41, 5.74) is 3.56. The van der Waals surface area contributed by atoms with Crippen LogP contribution in [0, 0.1) is 5.82 Å². The van der Waals surface area contributed by atoms with E-state index in [0.717, 1.165) is 55.4 Å². The molecule has 7 nitrogen and oxygen atoms in total. The van der Waals surface area contributed by atoms with E-state index in [9.17, 15) is 9.18 Å². The monoisotopic (exact) mass is 448 g/mol. The molecule has 0 N–H and O–H groups in total. The van der Waals surface area contributed by atoms with Gasteiger partial charge in [-0.15, -0.1) is 0 Å². The van der Waals surface area contributed by atoms with Crippen LogP contribution in [0.1, 0.15) is 42.9 Å². The van der Waals surface area contributed by atoms with Gasteiger partial charge in [-0.25, -0.2) is 14.4 Å². The highest BCUT2D eigenvalue weighted by Crippen LogP contribution is 2.33. The molecule has 1 atom stereocenters. The quantitative estimate of drug-likeness (QED) is 0.597. The number of halogens is 1. The van der Waals surface area contributed by atoms with E-state index in [1.54, 1.807) is 12.1 Å². The van der Waals surface area contributed by atoms with E-state index in [0.29, 0.717) is 12.1 Å². The Morgan fingerprint density at radius 2 is 2.00 bits per heavy atom. The zero-order valence-electron chi connectivity index (χ0n) is 19.0. The fourth-order valence-corrected chi connectivity index (χ4v) is 4.93. The summed E-state index contributed by atoms with van der Waals surface area (Å²) in [7, 11) is 1.92. The van der Waals surface area contributed by atoms with Crippen LogP contribution in [0.25, 0.3) is 11.3 Å². The first-order valence-corrected chi connectivity index (χ1v) is 11.7. The number of anilines is 1. The number of hydrogen-bond acceptors (Lipinski definition) is 5. The van der Waals surface area contributed by atoms with Crippen molar-refractivity contribution in [1.82, 2.24) is 24.6 Å². The van der Waals surface area contributed by atoms with Crippen molar-refractivity contribution in [2.24, 2.45) is 7.05 Å². The molecule has 0 saturated carbocycles. The molecule has 33 heavy (non-hydrogen) atoms. The van der Waals surface area contributed by atoms with Crippen molar-refractivity contribution in [2.75, 3.05) is 31.1 Å². The van der Waals surface area contributed by atoms with Crippen LogP contribution in [0.5, 0.6) is 0 Å². The molecule has 2 fully saturated rings. The predicted molar refractivity (Wildman–Crippen MR) is 124 cm³/mol. The van der Waals surface area contributed by atoms with Crippen molar-refractivity contribution in [3.05, 3.63) is 59.8 Å². The zero-order valence-corrected chi connectivity index (χ0v) is 19.0. The minimum atomic E-state index is -0.312. The average molecular weight is 449 g/mol. The lowest BCUT2D eigenvalue weighted by Crippen LogP contribution is -2.40. The van der Waals surface area contributed by atoms with Crippen molar-refractivity contribution in [3.8, 4) is 11.3 Å². The molecule has 0 spiro atoms. The second kappa shape index (κ2) is 9.29. The Balaban J connectivity index is 1.36. The van der Waals surface area contributed by atoms with Crippen molar-refractivity contribution in [1.29, 1.82) is 0 Å². The predicted octanol–water partition coefficient (Wildman–Crippen LogP) is 3.57. The first-order chi connectivity index (χ1) is 16.1. The van der Waals surface area contributed by atoms with Gasteiger partial charge in [0.25, 0.3) is 0 Å². The molecule has 4 heterocycles. The average Bonchev–Trinajstić information content (AvgIpc) is 3.49. The molecule has 3 aromatic rings. The number of piperidine rings is 1. The molecule has 2 saturated heterocycles. The normalized spacial score (nSPS) is 18.7. The van der Waals surface area contributed by atoms with Crippen molar-refractivity contribution < 1.29 is 9.18 Å². The molecule has 172 valence electrons. The lowest BCUT2D eigenvalue weighted by molar-refractivity contribution is -0.131. The van der Waals surface area contributed by atoms with Gasteiger partial charge in [-0.05, 0) is 49.4 Å². The molecule has 1 aromatic carbocycles. The van der Waals surface area contributed by atoms with Crippen LogP contribution < -0.4 is 4.90 Å². The van der Waals surface area contributed by atoms with E-state index in [-0.39, 0.29) is 24.1 Å². The molecule has 5 rings (SSSR count). The number of carbonyl (C=O) groups excluding carboxylic acids is 1. The fourth-order valence-electron chi connectivity index (χ4n) is 4.93. The molecule has 2 aliphatic heterocycles. The number of likely N-dealkylation sites (tertiary alicyclic amines) is 1. The topological polar surface area (TPSA) is 67.2 Å². The lowest BCUT2D eigenvalue weighted by Gasteiger charge is -2.32. The van der Waals surface area contributed by atoms with Gasteiger partial charge in [0.1, 0.15) is 5.82 Å². The third kappa shape index (κ3) is 4.74. The molecule has 1 amide bonds. The Kier molecular flexibility index (Phi) is 6.07. The summed E-state index contributed by atoms with van der Waals surface area (Å²) in [4.78, 5) is 26.4. The number of rotatable bonds is 5. The third-order valence-electron chi connectivity index (χ3n) is 6.57. The number of aromatic nitrogens is 4. The van der Waals surface area contributed by atoms with E-state index in [1.165, 1.54) is 25.0 Å². The molecule has 2 aliphatic rings. The Morgan fingerprint density at radius 1 is 1.15 bits per heavy atom. The van der Waals surface area contributed by atoms with Crippen molar-refractivity contribution in [2.45, 2.75) is 38.0 Å². The summed E-state index contributed by atoms with van der Waals surface area (Å²) in [6.45, 7) is 3.32. The second-order valence-corrected chi connectivity index (χ2v) is 9.02. The van der Waals surface area contributed by atoms with Crippen LogP contribution >= 0.6 is 0 Å². The highest BCUT2D eigenvalue weighted by atomic mass is 19.1. The second-order valence-electron chi connectivity index (χ2n) is 9.02. The van der Waals surface area contributed by atoms with Gasteiger partial charge in [-0.3, -0.25) is 9.48 Å². The van der Waals surface area contributed by atoms with Gasteiger partial charge >= 0.3 is 0 Å². The number of carbonyl (C=O) groups is 1. The maximum absolute atomic E-state index is 13.5. The van der Waals surface area contributed by atoms with Gasteiger partial charge in [0, 0.05) is 57.1 Å². The van der Waals surface area contributed by atoms with Gasteiger partial charge in [0.05, 0.1) is 17.8 Å². The molecule has 0 radical (unpaired) electrons. The van der Waals surface area contributed by atoms with Crippen LogP contribution in [-0.2, 0) is 18.3 Å². The molecule has 2 aromatic heterocycles. The first-order valence-electron chi connectivity index (χ1n) is 11.7. The van der Waals surface area contributed by atoms with Crippen LogP contribution in [-0.4, -0.2) is 56.7 Å². The smallest absolute Gasteiger partial charge is 0.227 e.